The first-order chi connectivity index (χ1) is 11.5. The third-order valence-corrected chi connectivity index (χ3v) is 4.23. The van der Waals surface area contributed by atoms with Gasteiger partial charge in [-0.3, -0.25) is 0 Å². The second-order valence-corrected chi connectivity index (χ2v) is 5.81. The average Bonchev–Trinajstić information content (AvgIpc) is 2.61. The molecule has 0 bridgehead atoms. The van der Waals surface area contributed by atoms with E-state index in [1.807, 2.05) is 37.3 Å². The molecule has 1 aromatic carbocycles. The van der Waals surface area contributed by atoms with Gasteiger partial charge in [0.1, 0.15) is 6.61 Å². The molecule has 8 nitrogen and oxygen atoms in total. The Labute approximate surface area is 140 Å². The molecular weight excluding hydrogens is 312 g/mol. The number of hydrogen-bond donors (Lipinski definition) is 1. The Bertz CT molecular complexity index is 591. The lowest BCUT2D eigenvalue weighted by Crippen LogP contribution is -2.49. The van der Waals surface area contributed by atoms with Gasteiger partial charge >= 0.3 is 6.09 Å². The van der Waals surface area contributed by atoms with Crippen LogP contribution in [0.5, 0.6) is 0 Å². The van der Waals surface area contributed by atoms with Crippen molar-refractivity contribution in [3.63, 3.8) is 0 Å². The lowest BCUT2D eigenvalue weighted by atomic mass is 9.99. The lowest BCUT2D eigenvalue weighted by molar-refractivity contribution is -0.185. The van der Waals surface area contributed by atoms with Crippen molar-refractivity contribution in [2.45, 2.75) is 50.8 Å². The highest BCUT2D eigenvalue weighted by Crippen LogP contribution is 2.25. The highest BCUT2D eigenvalue weighted by atomic mass is 16.6. The molecule has 0 radical (unpaired) electrons. The molecule has 0 aliphatic carbocycles. The molecule has 1 N–H and O–H groups in total. The number of hydrogen-bond acceptors (Lipinski definition) is 5. The Morgan fingerprint density at radius 2 is 2.21 bits per heavy atom. The van der Waals surface area contributed by atoms with Crippen molar-refractivity contribution in [1.29, 1.82) is 0 Å². The van der Waals surface area contributed by atoms with E-state index in [1.54, 1.807) is 7.05 Å². The van der Waals surface area contributed by atoms with E-state index < -0.39 is 18.4 Å². The van der Waals surface area contributed by atoms with Crippen molar-refractivity contribution in [1.82, 2.24) is 4.90 Å². The second-order valence-electron chi connectivity index (χ2n) is 5.81. The predicted octanol–water partition coefficient (Wildman–Crippen LogP) is 2.82. The van der Waals surface area contributed by atoms with E-state index in [0.717, 1.165) is 5.56 Å². The summed E-state index contributed by atoms with van der Waals surface area (Å²) in [6.45, 7) is 2.03. The van der Waals surface area contributed by atoms with Crippen molar-refractivity contribution >= 4 is 6.09 Å². The summed E-state index contributed by atoms with van der Waals surface area (Å²) in [4.78, 5) is 16.3. The van der Waals surface area contributed by atoms with E-state index in [2.05, 4.69) is 10.0 Å². The molecule has 1 aliphatic rings. The molecular formula is C16H22N4O4. The molecule has 2 rings (SSSR count). The van der Waals surface area contributed by atoms with E-state index in [-0.39, 0.29) is 18.8 Å². The summed E-state index contributed by atoms with van der Waals surface area (Å²) in [5.41, 5.74) is 9.36. The molecule has 1 aromatic rings. The van der Waals surface area contributed by atoms with Crippen LogP contribution in [-0.2, 0) is 16.1 Å². The third-order valence-electron chi connectivity index (χ3n) is 4.23. The quantitative estimate of drug-likeness (QED) is 0.507. The van der Waals surface area contributed by atoms with Gasteiger partial charge in [0.15, 0.2) is 6.29 Å². The number of ether oxygens (including phenoxy) is 2. The van der Waals surface area contributed by atoms with Crippen molar-refractivity contribution in [3.8, 4) is 0 Å². The molecule has 0 spiro atoms. The number of nitrogens with zero attached hydrogens (tertiary/aromatic N) is 4. The van der Waals surface area contributed by atoms with Gasteiger partial charge < -0.3 is 19.5 Å². The van der Waals surface area contributed by atoms with Crippen molar-refractivity contribution in [3.05, 3.63) is 46.3 Å². The number of amides is 1. The monoisotopic (exact) mass is 334 g/mol. The zero-order chi connectivity index (χ0) is 17.5. The number of rotatable bonds is 5. The number of likely N-dealkylation sites (N-methyl/N-ethyl adjacent to an activating group) is 1. The van der Waals surface area contributed by atoms with Crippen LogP contribution in [0.15, 0.2) is 35.4 Å². The summed E-state index contributed by atoms with van der Waals surface area (Å²) >= 11 is 0. The highest BCUT2D eigenvalue weighted by Gasteiger charge is 2.35. The van der Waals surface area contributed by atoms with Crippen LogP contribution >= 0.6 is 0 Å². The average molecular weight is 334 g/mol. The largest absolute Gasteiger partial charge is 0.445 e. The van der Waals surface area contributed by atoms with Gasteiger partial charge in [0.2, 0.25) is 0 Å². The minimum atomic E-state index is -1.16. The Morgan fingerprint density at radius 3 is 2.83 bits per heavy atom. The Morgan fingerprint density at radius 1 is 1.50 bits per heavy atom. The zero-order valence-electron chi connectivity index (χ0n) is 13.8. The number of aliphatic hydroxyl groups excluding tert-OH is 1. The van der Waals surface area contributed by atoms with Gasteiger partial charge in [-0.2, -0.15) is 0 Å². The number of aliphatic hydroxyl groups is 1. The summed E-state index contributed by atoms with van der Waals surface area (Å²) in [5, 5.41) is 13.4. The maximum atomic E-state index is 12.2. The van der Waals surface area contributed by atoms with E-state index in [0.29, 0.717) is 12.8 Å². The first-order valence-electron chi connectivity index (χ1n) is 7.84. The summed E-state index contributed by atoms with van der Waals surface area (Å²) in [7, 11) is 1.63. The Hall–Kier alpha value is -2.28. The standard InChI is InChI=1S/C16H22N4O4/c1-11(14-9-8-13(18-19-17)15(21)24-14)20(2)16(22)23-10-12-6-4-3-5-7-12/h3-7,11,13-15,21H,8-10H2,1-2H3/t11-,13+,14-,15-/m0/s1. The number of carbonyl (C=O) groups excluding carboxylic acids is 1. The summed E-state index contributed by atoms with van der Waals surface area (Å²) in [6.07, 6.45) is -0.873. The van der Waals surface area contributed by atoms with Crippen LogP contribution in [-0.4, -0.2) is 47.6 Å². The SMILES string of the molecule is C[C@@H]([C@@H]1CC[C@@H](N=[N+]=[N-])[C@@H](O)O1)N(C)C(=O)OCc1ccccc1. The van der Waals surface area contributed by atoms with Crippen molar-refractivity contribution in [2.75, 3.05) is 7.05 Å². The number of azide groups is 1. The van der Waals surface area contributed by atoms with Crippen LogP contribution < -0.4 is 0 Å². The minimum Gasteiger partial charge on any atom is -0.445 e. The summed E-state index contributed by atoms with van der Waals surface area (Å²) < 4.78 is 10.8. The van der Waals surface area contributed by atoms with Crippen LogP contribution in [0, 0.1) is 0 Å². The van der Waals surface area contributed by atoms with Gasteiger partial charge in [0.25, 0.3) is 0 Å². The molecule has 130 valence electrons. The molecule has 1 amide bonds. The minimum absolute atomic E-state index is 0.198. The van der Waals surface area contributed by atoms with Gasteiger partial charge in [-0.25, -0.2) is 4.79 Å². The fourth-order valence-electron chi connectivity index (χ4n) is 2.59. The van der Waals surface area contributed by atoms with Gasteiger partial charge in [0, 0.05) is 12.0 Å². The molecule has 1 fully saturated rings. The zero-order valence-corrected chi connectivity index (χ0v) is 13.8. The van der Waals surface area contributed by atoms with Gasteiger partial charge in [-0.1, -0.05) is 35.4 Å². The number of carbonyl (C=O) groups is 1. The van der Waals surface area contributed by atoms with Crippen LogP contribution in [0.1, 0.15) is 25.3 Å². The normalized spacial score (nSPS) is 24.5. The lowest BCUT2D eigenvalue weighted by Gasteiger charge is -2.37. The topological polar surface area (TPSA) is 108 Å². The second kappa shape index (κ2) is 8.54. The Kier molecular flexibility index (Phi) is 6.43. The van der Waals surface area contributed by atoms with Crippen LogP contribution in [0.2, 0.25) is 0 Å². The molecule has 0 saturated carbocycles. The fraction of sp³-hybridized carbons (Fsp3) is 0.562. The third kappa shape index (κ3) is 4.61. The highest BCUT2D eigenvalue weighted by molar-refractivity contribution is 5.67. The summed E-state index contributed by atoms with van der Waals surface area (Å²) in [6, 6.07) is 8.55. The Balaban J connectivity index is 1.86. The van der Waals surface area contributed by atoms with Crippen LogP contribution in [0.25, 0.3) is 10.4 Å². The van der Waals surface area contributed by atoms with Crippen molar-refractivity contribution in [2.24, 2.45) is 5.11 Å². The molecule has 4 atom stereocenters. The molecule has 24 heavy (non-hydrogen) atoms. The van der Waals surface area contributed by atoms with Gasteiger partial charge in [-0.05, 0) is 30.9 Å². The van der Waals surface area contributed by atoms with E-state index in [4.69, 9.17) is 15.0 Å². The first kappa shape index (κ1) is 18.1. The van der Waals surface area contributed by atoms with E-state index in [9.17, 15) is 9.90 Å². The van der Waals surface area contributed by atoms with Crippen molar-refractivity contribution < 1.29 is 19.4 Å². The smallest absolute Gasteiger partial charge is 0.410 e. The molecule has 8 heteroatoms. The molecule has 0 unspecified atom stereocenters. The van der Waals surface area contributed by atoms with Crippen LogP contribution in [0.4, 0.5) is 4.79 Å². The van der Waals surface area contributed by atoms with E-state index >= 15 is 0 Å². The molecule has 1 heterocycles. The summed E-state index contributed by atoms with van der Waals surface area (Å²) in [5.74, 6) is 0. The van der Waals surface area contributed by atoms with Gasteiger partial charge in [0.05, 0.1) is 18.2 Å². The predicted molar refractivity (Wildman–Crippen MR) is 86.9 cm³/mol. The fourth-order valence-corrected chi connectivity index (χ4v) is 2.59. The maximum absolute atomic E-state index is 12.2. The molecule has 0 aromatic heterocycles. The maximum Gasteiger partial charge on any atom is 0.410 e. The molecule has 1 aliphatic heterocycles. The first-order valence-corrected chi connectivity index (χ1v) is 7.84. The molecule has 1 saturated heterocycles. The van der Waals surface area contributed by atoms with Gasteiger partial charge in [-0.15, -0.1) is 0 Å². The van der Waals surface area contributed by atoms with Crippen LogP contribution in [0.3, 0.4) is 0 Å². The number of benzene rings is 1. The van der Waals surface area contributed by atoms with E-state index in [1.165, 1.54) is 4.90 Å².